The minimum atomic E-state index is -0.162. The Bertz CT molecular complexity index is 971. The lowest BCUT2D eigenvalue weighted by Gasteiger charge is -2.28. The van der Waals surface area contributed by atoms with Crippen molar-refractivity contribution < 1.29 is 9.53 Å². The molecule has 148 valence electrons. The number of rotatable bonds is 4. The Morgan fingerprint density at radius 2 is 1.66 bits per heavy atom. The molecule has 1 aliphatic heterocycles. The third kappa shape index (κ3) is 4.30. The molecule has 2 aromatic carbocycles. The van der Waals surface area contributed by atoms with Crippen molar-refractivity contribution in [2.75, 3.05) is 36.5 Å². The summed E-state index contributed by atoms with van der Waals surface area (Å²) in [4.78, 5) is 19.4. The van der Waals surface area contributed by atoms with Crippen molar-refractivity contribution in [1.29, 1.82) is 0 Å². The van der Waals surface area contributed by atoms with E-state index in [0.29, 0.717) is 5.56 Å². The van der Waals surface area contributed by atoms with Crippen molar-refractivity contribution in [3.63, 3.8) is 0 Å². The highest BCUT2D eigenvalue weighted by Crippen LogP contribution is 2.25. The van der Waals surface area contributed by atoms with E-state index in [-0.39, 0.29) is 5.91 Å². The van der Waals surface area contributed by atoms with E-state index in [0.717, 1.165) is 48.9 Å². The van der Waals surface area contributed by atoms with Crippen molar-refractivity contribution in [1.82, 2.24) is 4.98 Å². The highest BCUT2D eigenvalue weighted by Gasteiger charge is 2.12. The second-order valence-electron chi connectivity index (χ2n) is 7.30. The number of hydrogen-bond acceptors (Lipinski definition) is 4. The van der Waals surface area contributed by atoms with Crippen LogP contribution < -0.4 is 10.2 Å². The number of benzene rings is 2. The second kappa shape index (κ2) is 8.45. The third-order valence-electron chi connectivity index (χ3n) is 5.26. The number of hydrogen-bond donors (Lipinski definition) is 1. The maximum absolute atomic E-state index is 12.6. The van der Waals surface area contributed by atoms with Gasteiger partial charge in [0.1, 0.15) is 0 Å². The fourth-order valence-electron chi connectivity index (χ4n) is 3.67. The molecule has 0 atom stereocenters. The molecule has 1 saturated heterocycles. The van der Waals surface area contributed by atoms with E-state index in [1.807, 2.05) is 42.5 Å². The summed E-state index contributed by atoms with van der Waals surface area (Å²) in [5.74, 6) is -0.162. The summed E-state index contributed by atoms with van der Waals surface area (Å²) >= 11 is 0. The molecular formula is C24H25N3O2. The van der Waals surface area contributed by atoms with Crippen LogP contribution in [0.15, 0.2) is 60.8 Å². The van der Waals surface area contributed by atoms with E-state index in [1.54, 1.807) is 6.20 Å². The molecule has 2 heterocycles. The van der Waals surface area contributed by atoms with Gasteiger partial charge < -0.3 is 15.0 Å². The number of nitrogens with zero attached hydrogens (tertiary/aromatic N) is 2. The summed E-state index contributed by atoms with van der Waals surface area (Å²) in [6.07, 6.45) is 1.64. The van der Waals surface area contributed by atoms with E-state index in [9.17, 15) is 4.79 Å². The minimum absolute atomic E-state index is 0.162. The average Bonchev–Trinajstić information content (AvgIpc) is 2.75. The van der Waals surface area contributed by atoms with Crippen LogP contribution in [0.2, 0.25) is 0 Å². The van der Waals surface area contributed by atoms with Crippen molar-refractivity contribution >= 4 is 17.3 Å². The van der Waals surface area contributed by atoms with Crippen LogP contribution in [0, 0.1) is 13.8 Å². The van der Waals surface area contributed by atoms with Crippen LogP contribution in [0.4, 0.5) is 11.4 Å². The van der Waals surface area contributed by atoms with Gasteiger partial charge in [0.25, 0.3) is 5.91 Å². The first-order valence-electron chi connectivity index (χ1n) is 9.88. The van der Waals surface area contributed by atoms with Gasteiger partial charge in [-0.15, -0.1) is 0 Å². The van der Waals surface area contributed by atoms with Crippen LogP contribution in [-0.4, -0.2) is 37.2 Å². The fraction of sp³-hybridized carbons (Fsp3) is 0.250. The summed E-state index contributed by atoms with van der Waals surface area (Å²) in [6.45, 7) is 7.44. The second-order valence-corrected chi connectivity index (χ2v) is 7.30. The molecule has 5 heteroatoms. The average molecular weight is 387 g/mol. The molecular weight excluding hydrogens is 362 g/mol. The number of carbonyl (C=O) groups is 1. The Hall–Kier alpha value is -3.18. The Kier molecular flexibility index (Phi) is 5.58. The molecule has 5 nitrogen and oxygen atoms in total. The summed E-state index contributed by atoms with van der Waals surface area (Å²) in [5, 5.41) is 2.95. The van der Waals surface area contributed by atoms with E-state index in [1.165, 1.54) is 11.1 Å². The summed E-state index contributed by atoms with van der Waals surface area (Å²) < 4.78 is 5.39. The lowest BCUT2D eigenvalue weighted by atomic mass is 9.99. The molecule has 0 spiro atoms. The normalized spacial score (nSPS) is 13.9. The molecule has 0 saturated carbocycles. The molecule has 0 unspecified atom stereocenters. The summed E-state index contributed by atoms with van der Waals surface area (Å²) in [7, 11) is 0. The van der Waals surface area contributed by atoms with Crippen LogP contribution in [0.5, 0.6) is 0 Å². The molecule has 0 aliphatic carbocycles. The van der Waals surface area contributed by atoms with Crippen molar-refractivity contribution in [3.05, 3.63) is 77.5 Å². The zero-order valence-corrected chi connectivity index (χ0v) is 16.8. The number of amides is 1. The first-order valence-corrected chi connectivity index (χ1v) is 9.88. The van der Waals surface area contributed by atoms with Gasteiger partial charge >= 0.3 is 0 Å². The van der Waals surface area contributed by atoms with Crippen LogP contribution in [0.1, 0.15) is 21.5 Å². The van der Waals surface area contributed by atoms with Crippen molar-refractivity contribution in [3.8, 4) is 11.3 Å². The Morgan fingerprint density at radius 1 is 0.966 bits per heavy atom. The maximum Gasteiger partial charge on any atom is 0.257 e. The van der Waals surface area contributed by atoms with Gasteiger partial charge in [0.2, 0.25) is 0 Å². The zero-order chi connectivity index (χ0) is 20.2. The lowest BCUT2D eigenvalue weighted by molar-refractivity contribution is 0.102. The van der Waals surface area contributed by atoms with Crippen molar-refractivity contribution in [2.24, 2.45) is 0 Å². The molecule has 1 amide bonds. The van der Waals surface area contributed by atoms with Crippen LogP contribution in [0.25, 0.3) is 11.3 Å². The predicted molar refractivity (Wildman–Crippen MR) is 117 cm³/mol. The van der Waals surface area contributed by atoms with E-state index < -0.39 is 0 Å². The molecule has 29 heavy (non-hydrogen) atoms. The van der Waals surface area contributed by atoms with Gasteiger partial charge in [-0.25, -0.2) is 0 Å². The number of aryl methyl sites for hydroxylation is 2. The molecule has 3 aromatic rings. The van der Waals surface area contributed by atoms with Gasteiger partial charge in [0.05, 0.1) is 24.5 Å². The molecule has 0 radical (unpaired) electrons. The van der Waals surface area contributed by atoms with Gasteiger partial charge in [-0.05, 0) is 61.4 Å². The quantitative estimate of drug-likeness (QED) is 0.718. The number of morpholine rings is 1. The number of ether oxygens (including phenoxy) is 1. The standard InChI is InChI=1S/C24H25N3O2/c1-17-4-3-5-18(2)23(17)22-11-6-19(16-25-22)24(28)26-20-7-9-21(10-8-20)27-12-14-29-15-13-27/h3-11,16H,12-15H2,1-2H3,(H,26,28). The lowest BCUT2D eigenvalue weighted by Crippen LogP contribution is -2.36. The Balaban J connectivity index is 1.44. The smallest absolute Gasteiger partial charge is 0.257 e. The van der Waals surface area contributed by atoms with Crippen LogP contribution in [-0.2, 0) is 4.74 Å². The number of aromatic nitrogens is 1. The van der Waals surface area contributed by atoms with Gasteiger partial charge in [0.15, 0.2) is 0 Å². The largest absolute Gasteiger partial charge is 0.378 e. The Labute approximate surface area is 171 Å². The monoisotopic (exact) mass is 387 g/mol. The summed E-state index contributed by atoms with van der Waals surface area (Å²) in [5.41, 5.74) is 6.81. The minimum Gasteiger partial charge on any atom is -0.378 e. The predicted octanol–water partition coefficient (Wildman–Crippen LogP) is 4.45. The number of carbonyl (C=O) groups excluding carboxylic acids is 1. The number of nitrogens with one attached hydrogen (secondary N) is 1. The molecule has 1 N–H and O–H groups in total. The topological polar surface area (TPSA) is 54.5 Å². The highest BCUT2D eigenvalue weighted by atomic mass is 16.5. The van der Waals surface area contributed by atoms with Crippen LogP contribution in [0.3, 0.4) is 0 Å². The molecule has 1 aromatic heterocycles. The highest BCUT2D eigenvalue weighted by molar-refractivity contribution is 6.04. The molecule has 4 rings (SSSR count). The SMILES string of the molecule is Cc1cccc(C)c1-c1ccc(C(=O)Nc2ccc(N3CCOCC3)cc2)cn1. The van der Waals surface area contributed by atoms with Gasteiger partial charge in [-0.3, -0.25) is 9.78 Å². The first-order chi connectivity index (χ1) is 14.1. The van der Waals surface area contributed by atoms with Gasteiger partial charge in [0, 0.05) is 36.2 Å². The van der Waals surface area contributed by atoms with E-state index in [2.05, 4.69) is 41.2 Å². The first kappa shape index (κ1) is 19.2. The van der Waals surface area contributed by atoms with Crippen LogP contribution >= 0.6 is 0 Å². The van der Waals surface area contributed by atoms with Gasteiger partial charge in [-0.2, -0.15) is 0 Å². The zero-order valence-electron chi connectivity index (χ0n) is 16.8. The summed E-state index contributed by atoms with van der Waals surface area (Å²) in [6, 6.07) is 17.9. The van der Waals surface area contributed by atoms with E-state index >= 15 is 0 Å². The van der Waals surface area contributed by atoms with Gasteiger partial charge in [-0.1, -0.05) is 18.2 Å². The molecule has 1 fully saturated rings. The fourth-order valence-corrected chi connectivity index (χ4v) is 3.67. The van der Waals surface area contributed by atoms with Crippen molar-refractivity contribution in [2.45, 2.75) is 13.8 Å². The Morgan fingerprint density at radius 3 is 2.28 bits per heavy atom. The number of pyridine rings is 1. The third-order valence-corrected chi connectivity index (χ3v) is 5.26. The maximum atomic E-state index is 12.6. The molecule has 0 bridgehead atoms. The molecule has 1 aliphatic rings. The number of anilines is 2. The van der Waals surface area contributed by atoms with E-state index in [4.69, 9.17) is 4.74 Å².